The van der Waals surface area contributed by atoms with Gasteiger partial charge in [-0.2, -0.15) is 0 Å². The summed E-state index contributed by atoms with van der Waals surface area (Å²) >= 11 is 0. The molecule has 1 aromatic heterocycles. The summed E-state index contributed by atoms with van der Waals surface area (Å²) in [7, 11) is 0. The molecule has 5 nitrogen and oxygen atoms in total. The highest BCUT2D eigenvalue weighted by molar-refractivity contribution is 5.75. The van der Waals surface area contributed by atoms with Crippen molar-refractivity contribution < 1.29 is 13.9 Å². The van der Waals surface area contributed by atoms with E-state index in [2.05, 4.69) is 10.3 Å². The molecule has 0 radical (unpaired) electrons. The molecule has 0 spiro atoms. The Morgan fingerprint density at radius 3 is 2.72 bits per heavy atom. The number of carbonyl (C=O) groups excluding carboxylic acids is 1. The monoisotopic (exact) mass is 338 g/mol. The lowest BCUT2D eigenvalue weighted by Gasteiger charge is -2.06. The first-order valence-electron chi connectivity index (χ1n) is 8.54. The molecule has 0 fully saturated rings. The Kier molecular flexibility index (Phi) is 6.17. The zero-order valence-electron chi connectivity index (χ0n) is 14.1. The first-order valence-corrected chi connectivity index (χ1v) is 8.54. The van der Waals surface area contributed by atoms with Crippen molar-refractivity contribution >= 4 is 17.0 Å². The minimum Gasteiger partial charge on any atom is -0.441 e. The molecule has 0 saturated heterocycles. The van der Waals surface area contributed by atoms with Crippen molar-refractivity contribution in [3.05, 3.63) is 66.1 Å². The van der Waals surface area contributed by atoms with E-state index in [-0.39, 0.29) is 5.91 Å². The fraction of sp³-hybridized carbons (Fsp3) is 0.300. The summed E-state index contributed by atoms with van der Waals surface area (Å²) in [6.07, 6.45) is 1.83. The third-order valence-electron chi connectivity index (χ3n) is 3.81. The fourth-order valence-electron chi connectivity index (χ4n) is 2.54. The molecule has 25 heavy (non-hydrogen) atoms. The van der Waals surface area contributed by atoms with Gasteiger partial charge in [-0.3, -0.25) is 4.79 Å². The second-order valence-corrected chi connectivity index (χ2v) is 5.82. The van der Waals surface area contributed by atoms with Crippen molar-refractivity contribution in [3.8, 4) is 0 Å². The molecular weight excluding hydrogens is 316 g/mol. The van der Waals surface area contributed by atoms with E-state index in [1.54, 1.807) is 0 Å². The first kappa shape index (κ1) is 17.2. The standard InChI is InChI=1S/C20H22N2O3/c23-19(21-13-14-24-15-16-7-2-1-3-8-16)11-6-12-20-22-17-9-4-5-10-18(17)25-20/h1-5,7-10H,6,11-15H2,(H,21,23). The quantitative estimate of drug-likeness (QED) is 0.607. The number of hydrogen-bond donors (Lipinski definition) is 1. The van der Waals surface area contributed by atoms with Crippen LogP contribution in [-0.4, -0.2) is 24.0 Å². The summed E-state index contributed by atoms with van der Waals surface area (Å²) in [5, 5.41) is 2.87. The van der Waals surface area contributed by atoms with E-state index in [0.29, 0.717) is 44.9 Å². The van der Waals surface area contributed by atoms with Crippen LogP contribution in [-0.2, 0) is 22.6 Å². The number of rotatable bonds is 9. The van der Waals surface area contributed by atoms with Crippen LogP contribution in [0.4, 0.5) is 0 Å². The molecule has 2 aromatic carbocycles. The Balaban J connectivity index is 1.28. The number of ether oxygens (including phenoxy) is 1. The number of benzene rings is 2. The van der Waals surface area contributed by atoms with Crippen molar-refractivity contribution in [2.75, 3.05) is 13.2 Å². The third-order valence-corrected chi connectivity index (χ3v) is 3.81. The summed E-state index contributed by atoms with van der Waals surface area (Å²) in [6, 6.07) is 17.7. The number of oxazole rings is 1. The van der Waals surface area contributed by atoms with Crippen molar-refractivity contribution in [2.24, 2.45) is 0 Å². The van der Waals surface area contributed by atoms with Gasteiger partial charge in [0.2, 0.25) is 5.91 Å². The van der Waals surface area contributed by atoms with Gasteiger partial charge in [0.1, 0.15) is 5.52 Å². The number of carbonyl (C=O) groups is 1. The van der Waals surface area contributed by atoms with Crippen LogP contribution in [0.3, 0.4) is 0 Å². The maximum Gasteiger partial charge on any atom is 0.220 e. The summed E-state index contributed by atoms with van der Waals surface area (Å²) in [4.78, 5) is 16.2. The van der Waals surface area contributed by atoms with Crippen molar-refractivity contribution in [1.29, 1.82) is 0 Å². The van der Waals surface area contributed by atoms with Gasteiger partial charge in [0.05, 0.1) is 13.2 Å². The maximum atomic E-state index is 11.8. The predicted octanol–water partition coefficient (Wildman–Crippen LogP) is 3.48. The van der Waals surface area contributed by atoms with Crippen LogP contribution >= 0.6 is 0 Å². The van der Waals surface area contributed by atoms with E-state index in [9.17, 15) is 4.79 Å². The molecule has 3 rings (SSSR count). The minimum atomic E-state index is 0.0272. The first-order chi connectivity index (χ1) is 12.3. The number of aromatic nitrogens is 1. The van der Waals surface area contributed by atoms with Gasteiger partial charge < -0.3 is 14.5 Å². The molecular formula is C20H22N2O3. The lowest BCUT2D eigenvalue weighted by Crippen LogP contribution is -2.27. The Morgan fingerprint density at radius 1 is 1.08 bits per heavy atom. The van der Waals surface area contributed by atoms with Gasteiger partial charge in [-0.25, -0.2) is 4.98 Å². The third kappa shape index (κ3) is 5.43. The average molecular weight is 338 g/mol. The van der Waals surface area contributed by atoms with Gasteiger partial charge >= 0.3 is 0 Å². The summed E-state index contributed by atoms with van der Waals surface area (Å²) in [5.41, 5.74) is 2.78. The lowest BCUT2D eigenvalue weighted by molar-refractivity contribution is -0.121. The summed E-state index contributed by atoms with van der Waals surface area (Å²) in [5.74, 6) is 0.708. The molecule has 5 heteroatoms. The van der Waals surface area contributed by atoms with Crippen LogP contribution in [0.15, 0.2) is 59.0 Å². The van der Waals surface area contributed by atoms with E-state index >= 15 is 0 Å². The van der Waals surface area contributed by atoms with Crippen LogP contribution in [0, 0.1) is 0 Å². The molecule has 0 aliphatic heterocycles. The Morgan fingerprint density at radius 2 is 1.88 bits per heavy atom. The van der Waals surface area contributed by atoms with Crippen molar-refractivity contribution in [3.63, 3.8) is 0 Å². The molecule has 0 unspecified atom stereocenters. The number of nitrogens with zero attached hydrogens (tertiary/aromatic N) is 1. The molecule has 0 saturated carbocycles. The van der Waals surface area contributed by atoms with Gasteiger partial charge in [0.15, 0.2) is 11.5 Å². The molecule has 0 aliphatic rings. The molecule has 1 heterocycles. The van der Waals surface area contributed by atoms with E-state index in [0.717, 1.165) is 16.7 Å². The van der Waals surface area contributed by atoms with Crippen LogP contribution in [0.25, 0.3) is 11.1 Å². The summed E-state index contributed by atoms with van der Waals surface area (Å²) < 4.78 is 11.2. The molecule has 1 amide bonds. The number of aryl methyl sites for hydroxylation is 1. The van der Waals surface area contributed by atoms with Crippen molar-refractivity contribution in [1.82, 2.24) is 10.3 Å². The number of amides is 1. The van der Waals surface area contributed by atoms with Crippen LogP contribution in [0.5, 0.6) is 0 Å². The highest BCUT2D eigenvalue weighted by Crippen LogP contribution is 2.15. The van der Waals surface area contributed by atoms with E-state index in [1.807, 2.05) is 54.6 Å². The number of para-hydroxylation sites is 2. The van der Waals surface area contributed by atoms with Crippen molar-refractivity contribution in [2.45, 2.75) is 25.9 Å². The second-order valence-electron chi connectivity index (χ2n) is 5.82. The summed E-state index contributed by atoms with van der Waals surface area (Å²) in [6.45, 7) is 1.59. The SMILES string of the molecule is O=C(CCCc1nc2ccccc2o1)NCCOCc1ccccc1. The Bertz CT molecular complexity index is 766. The maximum absolute atomic E-state index is 11.8. The van der Waals surface area contributed by atoms with Gasteiger partial charge in [-0.1, -0.05) is 42.5 Å². The number of fused-ring (bicyclic) bond motifs is 1. The molecule has 0 bridgehead atoms. The zero-order valence-corrected chi connectivity index (χ0v) is 14.1. The van der Waals surface area contributed by atoms with Crippen LogP contribution in [0.1, 0.15) is 24.3 Å². The Hall–Kier alpha value is -2.66. The fourth-order valence-corrected chi connectivity index (χ4v) is 2.54. The topological polar surface area (TPSA) is 64.4 Å². The van der Waals surface area contributed by atoms with Gasteiger partial charge in [0, 0.05) is 19.4 Å². The van der Waals surface area contributed by atoms with Crippen LogP contribution in [0.2, 0.25) is 0 Å². The van der Waals surface area contributed by atoms with Gasteiger partial charge in [0.25, 0.3) is 0 Å². The van der Waals surface area contributed by atoms with E-state index < -0.39 is 0 Å². The highest BCUT2D eigenvalue weighted by Gasteiger charge is 2.06. The van der Waals surface area contributed by atoms with Gasteiger partial charge in [-0.15, -0.1) is 0 Å². The lowest BCUT2D eigenvalue weighted by atomic mass is 10.2. The molecule has 0 atom stereocenters. The minimum absolute atomic E-state index is 0.0272. The predicted molar refractivity (Wildman–Crippen MR) is 96.1 cm³/mol. The van der Waals surface area contributed by atoms with Gasteiger partial charge in [-0.05, 0) is 24.1 Å². The molecule has 130 valence electrons. The largest absolute Gasteiger partial charge is 0.441 e. The Labute approximate surface area is 147 Å². The van der Waals surface area contributed by atoms with Crippen LogP contribution < -0.4 is 5.32 Å². The molecule has 1 N–H and O–H groups in total. The molecule has 3 aromatic rings. The van der Waals surface area contributed by atoms with E-state index in [4.69, 9.17) is 9.15 Å². The number of hydrogen-bond acceptors (Lipinski definition) is 4. The second kappa shape index (κ2) is 8.99. The smallest absolute Gasteiger partial charge is 0.220 e. The highest BCUT2D eigenvalue weighted by atomic mass is 16.5. The normalized spacial score (nSPS) is 10.9. The average Bonchev–Trinajstić information content (AvgIpc) is 3.05. The van der Waals surface area contributed by atoms with E-state index in [1.165, 1.54) is 0 Å². The molecule has 0 aliphatic carbocycles. The zero-order chi connectivity index (χ0) is 17.3. The number of nitrogens with one attached hydrogen (secondary N) is 1.